The van der Waals surface area contributed by atoms with E-state index in [1.54, 1.807) is 6.20 Å². The van der Waals surface area contributed by atoms with Crippen LogP contribution in [-0.2, 0) is 24.3 Å². The minimum atomic E-state index is -1.12. The van der Waals surface area contributed by atoms with Gasteiger partial charge in [-0.25, -0.2) is 0 Å². The quantitative estimate of drug-likeness (QED) is 0.102. The van der Waals surface area contributed by atoms with Crippen molar-refractivity contribution in [2.75, 3.05) is 25.0 Å². The maximum Gasteiger partial charge on any atom is 0.323 e. The van der Waals surface area contributed by atoms with Crippen molar-refractivity contribution in [1.29, 1.82) is 0 Å². The maximum atomic E-state index is 13.6. The van der Waals surface area contributed by atoms with E-state index in [4.69, 9.17) is 0 Å². The van der Waals surface area contributed by atoms with Gasteiger partial charge >= 0.3 is 5.97 Å². The first-order valence-electron chi connectivity index (χ1n) is 18.6. The van der Waals surface area contributed by atoms with Crippen LogP contribution < -0.4 is 10.6 Å². The van der Waals surface area contributed by atoms with Gasteiger partial charge in [0, 0.05) is 50.7 Å². The highest BCUT2D eigenvalue weighted by Crippen LogP contribution is 2.43. The van der Waals surface area contributed by atoms with Crippen LogP contribution in [0.25, 0.3) is 11.1 Å². The van der Waals surface area contributed by atoms with Crippen LogP contribution in [0, 0.1) is 13.8 Å². The molecule has 0 unspecified atom stereocenters. The first-order chi connectivity index (χ1) is 25.6. The number of β-amino-alcohol motifs (C(OH)–C–C–N with tert-alkyl or cyclic N) is 1. The summed E-state index contributed by atoms with van der Waals surface area (Å²) in [6.07, 6.45) is 8.37. The second-order valence-electron chi connectivity index (χ2n) is 14.8. The average molecular weight is 718 g/mol. The summed E-state index contributed by atoms with van der Waals surface area (Å²) < 4.78 is 0. The molecule has 11 heteroatoms. The number of nitrogens with one attached hydrogen (secondary N) is 2. The Morgan fingerprint density at radius 1 is 0.849 bits per heavy atom. The number of hydrogen-bond acceptors (Lipinski definition) is 9. The van der Waals surface area contributed by atoms with E-state index in [1.165, 1.54) is 5.56 Å². The van der Waals surface area contributed by atoms with Crippen LogP contribution in [0.5, 0.6) is 0 Å². The van der Waals surface area contributed by atoms with Crippen LogP contribution in [0.15, 0.2) is 60.9 Å². The predicted molar refractivity (Wildman–Crippen MR) is 201 cm³/mol. The van der Waals surface area contributed by atoms with Gasteiger partial charge in [-0.05, 0) is 126 Å². The highest BCUT2D eigenvalue weighted by atomic mass is 16.4. The van der Waals surface area contributed by atoms with E-state index in [0.717, 1.165) is 89.7 Å². The number of nitrogens with zero attached hydrogens (tertiary/aromatic N) is 3. The van der Waals surface area contributed by atoms with Gasteiger partial charge in [-0.3, -0.25) is 34.6 Å². The standard InChI is InChI=1S/C42H47N5O6/c1-24-28(15-40(50)37-16-34(26-9-10-26)29(18-43-37)19-45-39(23-48)42(52)53)5-3-6-32(24)33-7-4-8-36(25(33)2)46-41(51)38-17-35(27-11-12-27)30(20-44-38)21-47-14-13-31(49)22-47/h3-8,16-18,20,26-27,31,39,45,48-49H,9-15,19,21-23H2,1-2H3,(H,46,51)(H,52,53)/t31-,39-/m1/s1. The van der Waals surface area contributed by atoms with E-state index in [-0.39, 0.29) is 30.8 Å². The van der Waals surface area contributed by atoms with E-state index in [9.17, 15) is 29.7 Å². The molecule has 7 rings (SSSR count). The number of carbonyl (C=O) groups excluding carboxylic acids is 2. The molecule has 5 N–H and O–H groups in total. The van der Waals surface area contributed by atoms with Crippen LogP contribution in [-0.4, -0.2) is 79.7 Å². The van der Waals surface area contributed by atoms with Gasteiger partial charge < -0.3 is 20.6 Å². The number of carboxylic acid groups (broad SMARTS) is 1. The second-order valence-corrected chi connectivity index (χ2v) is 14.8. The van der Waals surface area contributed by atoms with Gasteiger partial charge in [-0.15, -0.1) is 0 Å². The normalized spacial score (nSPS) is 17.8. The van der Waals surface area contributed by atoms with E-state index >= 15 is 0 Å². The fraction of sp³-hybridized carbons (Fsp3) is 0.405. The fourth-order valence-electron chi connectivity index (χ4n) is 7.44. The number of rotatable bonds is 15. The molecule has 2 aliphatic carbocycles. The van der Waals surface area contributed by atoms with Crippen molar-refractivity contribution in [2.24, 2.45) is 0 Å². The molecule has 2 aromatic carbocycles. The lowest BCUT2D eigenvalue weighted by atomic mass is 9.90. The van der Waals surface area contributed by atoms with Crippen molar-refractivity contribution < 1.29 is 29.7 Å². The highest BCUT2D eigenvalue weighted by molar-refractivity contribution is 6.04. The fourth-order valence-corrected chi connectivity index (χ4v) is 7.44. The zero-order valence-electron chi connectivity index (χ0n) is 30.3. The number of carboxylic acids is 1. The smallest absolute Gasteiger partial charge is 0.323 e. The van der Waals surface area contributed by atoms with Gasteiger partial charge in [0.25, 0.3) is 5.91 Å². The minimum Gasteiger partial charge on any atom is -0.480 e. The molecule has 276 valence electrons. The average Bonchev–Trinajstić information content (AvgIpc) is 4.09. The molecule has 2 saturated carbocycles. The monoisotopic (exact) mass is 717 g/mol. The number of likely N-dealkylation sites (tertiary alicyclic amines) is 1. The topological polar surface area (TPSA) is 165 Å². The van der Waals surface area contributed by atoms with Crippen LogP contribution in [0.2, 0.25) is 0 Å². The van der Waals surface area contributed by atoms with Crippen LogP contribution in [0.1, 0.15) is 104 Å². The molecule has 2 atom stereocenters. The van der Waals surface area contributed by atoms with Crippen LogP contribution in [0.3, 0.4) is 0 Å². The summed E-state index contributed by atoms with van der Waals surface area (Å²) in [5.74, 6) is -0.734. The first kappa shape index (κ1) is 36.5. The summed E-state index contributed by atoms with van der Waals surface area (Å²) in [7, 11) is 0. The third kappa shape index (κ3) is 8.39. The van der Waals surface area contributed by atoms with Crippen molar-refractivity contribution in [2.45, 2.75) is 89.4 Å². The Balaban J connectivity index is 1.06. The molecular formula is C42H47N5O6. The number of amides is 1. The zero-order valence-corrected chi connectivity index (χ0v) is 30.3. The number of anilines is 1. The number of carbonyl (C=O) groups is 3. The summed E-state index contributed by atoms with van der Waals surface area (Å²) in [5.41, 5.74) is 10.3. The number of Topliss-reactive ketones (excluding diaryl/α,β-unsaturated/α-hetero) is 1. The molecule has 1 saturated heterocycles. The number of hydrogen-bond donors (Lipinski definition) is 5. The predicted octanol–water partition coefficient (Wildman–Crippen LogP) is 5.29. The molecule has 2 aromatic heterocycles. The molecule has 4 aromatic rings. The third-order valence-electron chi connectivity index (χ3n) is 10.9. The zero-order chi connectivity index (χ0) is 37.2. The number of aromatic nitrogens is 2. The van der Waals surface area contributed by atoms with E-state index < -0.39 is 18.6 Å². The molecule has 53 heavy (non-hydrogen) atoms. The largest absolute Gasteiger partial charge is 0.480 e. The summed E-state index contributed by atoms with van der Waals surface area (Å²) >= 11 is 0. The number of aliphatic hydroxyl groups excluding tert-OH is 2. The number of aliphatic hydroxyl groups is 2. The summed E-state index contributed by atoms with van der Waals surface area (Å²) in [6, 6.07) is 14.5. The Bertz CT molecular complexity index is 2040. The molecule has 0 bridgehead atoms. The Hall–Kier alpha value is -4.81. The number of ketones is 1. The summed E-state index contributed by atoms with van der Waals surface area (Å²) in [5, 5.41) is 34.6. The lowest BCUT2D eigenvalue weighted by Crippen LogP contribution is -2.39. The van der Waals surface area contributed by atoms with Gasteiger partial charge in [0.05, 0.1) is 12.7 Å². The Labute approximate surface area is 309 Å². The lowest BCUT2D eigenvalue weighted by molar-refractivity contribution is -0.140. The molecule has 0 radical (unpaired) electrons. The summed E-state index contributed by atoms with van der Waals surface area (Å²) in [4.78, 5) is 49.9. The Morgan fingerprint density at radius 2 is 1.49 bits per heavy atom. The van der Waals surface area contributed by atoms with Gasteiger partial charge in [0.1, 0.15) is 17.4 Å². The maximum absolute atomic E-state index is 13.6. The Kier molecular flexibility index (Phi) is 10.8. The van der Waals surface area contributed by atoms with E-state index in [2.05, 4.69) is 25.5 Å². The molecular weight excluding hydrogens is 670 g/mol. The van der Waals surface area contributed by atoms with Crippen molar-refractivity contribution >= 4 is 23.3 Å². The molecule has 3 fully saturated rings. The van der Waals surface area contributed by atoms with Crippen molar-refractivity contribution in [3.8, 4) is 11.1 Å². The first-order valence-corrected chi connectivity index (χ1v) is 18.6. The van der Waals surface area contributed by atoms with Crippen LogP contribution in [0.4, 0.5) is 5.69 Å². The SMILES string of the molecule is Cc1c(CC(=O)c2cc(C3CC3)c(CN[C@H](CO)C(=O)O)cn2)cccc1-c1cccc(NC(=O)c2cc(C3CC3)c(CN3CC[C@@H](O)C3)cn2)c1C. The van der Waals surface area contributed by atoms with E-state index in [0.29, 0.717) is 35.5 Å². The molecule has 3 aliphatic rings. The highest BCUT2D eigenvalue weighted by Gasteiger charge is 2.30. The molecule has 11 nitrogen and oxygen atoms in total. The number of aliphatic carboxylic acids is 1. The van der Waals surface area contributed by atoms with Crippen molar-refractivity contribution in [1.82, 2.24) is 20.2 Å². The summed E-state index contributed by atoms with van der Waals surface area (Å²) in [6.45, 7) is 5.96. The van der Waals surface area contributed by atoms with Crippen molar-refractivity contribution in [3.05, 3.63) is 111 Å². The van der Waals surface area contributed by atoms with Crippen molar-refractivity contribution in [3.63, 3.8) is 0 Å². The molecule has 1 aliphatic heterocycles. The second kappa shape index (κ2) is 15.7. The van der Waals surface area contributed by atoms with E-state index in [1.807, 2.05) is 68.6 Å². The number of benzene rings is 2. The molecule has 3 heterocycles. The minimum absolute atomic E-state index is 0.106. The van der Waals surface area contributed by atoms with Crippen LogP contribution >= 0.6 is 0 Å². The Morgan fingerprint density at radius 3 is 2.15 bits per heavy atom. The lowest BCUT2D eigenvalue weighted by Gasteiger charge is -2.18. The van der Waals surface area contributed by atoms with Gasteiger partial charge in [0.2, 0.25) is 0 Å². The molecule has 0 spiro atoms. The van der Waals surface area contributed by atoms with Gasteiger partial charge in [-0.1, -0.05) is 30.3 Å². The van der Waals surface area contributed by atoms with Gasteiger partial charge in [0.15, 0.2) is 5.78 Å². The molecule has 1 amide bonds. The number of pyridine rings is 2. The third-order valence-corrected chi connectivity index (χ3v) is 10.9. The van der Waals surface area contributed by atoms with Gasteiger partial charge in [-0.2, -0.15) is 0 Å².